The van der Waals surface area contributed by atoms with Crippen molar-refractivity contribution < 1.29 is 19.1 Å². The number of nitrogens with one attached hydrogen (secondary N) is 2. The lowest BCUT2D eigenvalue weighted by molar-refractivity contribution is -0.140. The molecule has 0 bridgehead atoms. The Balaban J connectivity index is 1.56. The van der Waals surface area contributed by atoms with Crippen molar-refractivity contribution in [3.05, 3.63) is 59.1 Å². The van der Waals surface area contributed by atoms with Crippen LogP contribution in [0.3, 0.4) is 0 Å². The number of halogens is 1. The molecule has 1 atom stereocenters. The predicted molar refractivity (Wildman–Crippen MR) is 143 cm³/mol. The maximum Gasteiger partial charge on any atom is 0.257 e. The average molecular weight is 526 g/mol. The van der Waals surface area contributed by atoms with Crippen LogP contribution in [-0.2, 0) is 9.59 Å². The van der Waals surface area contributed by atoms with E-state index in [2.05, 4.69) is 15.6 Å². The first-order chi connectivity index (χ1) is 17.9. The smallest absolute Gasteiger partial charge is 0.257 e. The second-order valence-electron chi connectivity index (χ2n) is 9.13. The highest BCUT2D eigenvalue weighted by Gasteiger charge is 2.30. The number of hydrogen-bond donors (Lipinski definition) is 2. The van der Waals surface area contributed by atoms with Gasteiger partial charge in [-0.25, -0.2) is 4.99 Å². The summed E-state index contributed by atoms with van der Waals surface area (Å²) in [7, 11) is 1.53. The van der Waals surface area contributed by atoms with Gasteiger partial charge in [-0.05, 0) is 62.4 Å². The molecule has 0 saturated carbocycles. The number of guanidine groups is 1. The van der Waals surface area contributed by atoms with E-state index < -0.39 is 6.04 Å². The van der Waals surface area contributed by atoms with Crippen molar-refractivity contribution >= 4 is 41.0 Å². The Hall–Kier alpha value is -3.59. The zero-order valence-corrected chi connectivity index (χ0v) is 21.7. The fourth-order valence-electron chi connectivity index (χ4n) is 4.49. The van der Waals surface area contributed by atoms with E-state index in [-0.39, 0.29) is 30.2 Å². The van der Waals surface area contributed by atoms with E-state index in [1.165, 1.54) is 7.11 Å². The monoisotopic (exact) mass is 525 g/mol. The maximum atomic E-state index is 13.4. The second-order valence-corrected chi connectivity index (χ2v) is 9.54. The molecule has 2 aromatic carbocycles. The minimum absolute atomic E-state index is 0.0286. The van der Waals surface area contributed by atoms with Crippen molar-refractivity contribution in [1.82, 2.24) is 15.1 Å². The second kappa shape index (κ2) is 12.6. The van der Waals surface area contributed by atoms with Crippen molar-refractivity contribution in [1.29, 1.82) is 0 Å². The van der Waals surface area contributed by atoms with Crippen LogP contribution in [0.1, 0.15) is 42.5 Å². The fourth-order valence-corrected chi connectivity index (χ4v) is 4.75. The highest BCUT2D eigenvalue weighted by Crippen LogP contribution is 2.27. The standard InChI is InChI=1S/C27H32ClN5O4/c1-37-23-13-12-20(17-21(23)28)29-27(31-25(35)19-9-3-2-4-10-19)30-22-11-5-6-16-33(26(22)36)18-24(34)32-14-7-8-15-32/h2-4,9-10,12-13,17,22H,5-8,11,14-16,18H2,1H3,(H2,29,30,31,35). The zero-order valence-electron chi connectivity index (χ0n) is 20.9. The number of nitrogens with zero attached hydrogens (tertiary/aromatic N) is 3. The molecule has 1 unspecified atom stereocenters. The number of benzene rings is 2. The Bertz CT molecular complexity index is 1150. The molecule has 2 N–H and O–H groups in total. The lowest BCUT2D eigenvalue weighted by Gasteiger charge is -2.25. The van der Waals surface area contributed by atoms with Gasteiger partial charge < -0.3 is 19.9 Å². The van der Waals surface area contributed by atoms with Gasteiger partial charge in [-0.1, -0.05) is 29.8 Å². The van der Waals surface area contributed by atoms with E-state index in [1.54, 1.807) is 47.4 Å². The first kappa shape index (κ1) is 26.5. The van der Waals surface area contributed by atoms with E-state index >= 15 is 0 Å². The molecular formula is C27H32ClN5O4. The lowest BCUT2D eigenvalue weighted by Crippen LogP contribution is -2.45. The normalized spacial score (nSPS) is 18.4. The van der Waals surface area contributed by atoms with E-state index in [1.807, 2.05) is 11.0 Å². The summed E-state index contributed by atoms with van der Waals surface area (Å²) in [5.41, 5.74) is 1.02. The summed E-state index contributed by atoms with van der Waals surface area (Å²) in [6.45, 7) is 2.05. The molecule has 2 heterocycles. The van der Waals surface area contributed by atoms with Crippen molar-refractivity contribution in [2.45, 2.75) is 38.1 Å². The number of amides is 3. The molecule has 10 heteroatoms. The Morgan fingerprint density at radius 3 is 2.49 bits per heavy atom. The molecule has 4 rings (SSSR count). The van der Waals surface area contributed by atoms with Crippen LogP contribution < -0.4 is 15.4 Å². The van der Waals surface area contributed by atoms with Gasteiger partial charge in [-0.2, -0.15) is 0 Å². The number of carbonyl (C=O) groups excluding carboxylic acids is 3. The molecule has 0 radical (unpaired) electrons. The van der Waals surface area contributed by atoms with Crippen molar-refractivity contribution in [2.24, 2.45) is 4.99 Å². The minimum Gasteiger partial charge on any atom is -0.495 e. The third kappa shape index (κ3) is 7.01. The Morgan fingerprint density at radius 2 is 1.78 bits per heavy atom. The molecule has 2 aromatic rings. The summed E-state index contributed by atoms with van der Waals surface area (Å²) < 4.78 is 5.22. The van der Waals surface area contributed by atoms with Gasteiger partial charge >= 0.3 is 0 Å². The van der Waals surface area contributed by atoms with Crippen molar-refractivity contribution in [3.8, 4) is 5.75 Å². The van der Waals surface area contributed by atoms with Gasteiger partial charge in [0.25, 0.3) is 5.91 Å². The number of anilines is 1. The number of likely N-dealkylation sites (tertiary alicyclic amines) is 2. The molecule has 0 aliphatic carbocycles. The molecule has 3 amide bonds. The first-order valence-corrected chi connectivity index (χ1v) is 12.9. The molecular weight excluding hydrogens is 494 g/mol. The average Bonchev–Trinajstić information content (AvgIpc) is 3.39. The Labute approximate surface area is 221 Å². The molecule has 0 aromatic heterocycles. The molecule has 2 aliphatic rings. The van der Waals surface area contributed by atoms with E-state index in [4.69, 9.17) is 16.3 Å². The topological polar surface area (TPSA) is 103 Å². The van der Waals surface area contributed by atoms with Crippen LogP contribution in [-0.4, -0.2) is 72.8 Å². The van der Waals surface area contributed by atoms with Gasteiger partial charge in [0, 0.05) is 30.9 Å². The summed E-state index contributed by atoms with van der Waals surface area (Å²) in [5, 5.41) is 6.28. The highest BCUT2D eigenvalue weighted by molar-refractivity contribution is 6.32. The van der Waals surface area contributed by atoms with Crippen LogP contribution in [0.4, 0.5) is 5.69 Å². The molecule has 2 saturated heterocycles. The number of rotatable bonds is 6. The van der Waals surface area contributed by atoms with Crippen molar-refractivity contribution in [2.75, 3.05) is 38.6 Å². The summed E-state index contributed by atoms with van der Waals surface area (Å²) in [4.78, 5) is 47.2. The van der Waals surface area contributed by atoms with E-state index in [0.717, 1.165) is 38.8 Å². The van der Waals surface area contributed by atoms with Crippen molar-refractivity contribution in [3.63, 3.8) is 0 Å². The predicted octanol–water partition coefficient (Wildman–Crippen LogP) is 3.55. The third-order valence-electron chi connectivity index (χ3n) is 6.50. The van der Waals surface area contributed by atoms with Gasteiger partial charge in [0.1, 0.15) is 11.8 Å². The van der Waals surface area contributed by atoms with Crippen LogP contribution in [0.15, 0.2) is 53.5 Å². The summed E-state index contributed by atoms with van der Waals surface area (Å²) in [5.74, 6) is 0.0243. The summed E-state index contributed by atoms with van der Waals surface area (Å²) >= 11 is 6.28. The lowest BCUT2D eigenvalue weighted by atomic mass is 10.1. The summed E-state index contributed by atoms with van der Waals surface area (Å²) in [6, 6.07) is 13.1. The number of ether oxygens (including phenoxy) is 1. The van der Waals surface area contributed by atoms with Crippen LogP contribution in [0.2, 0.25) is 5.02 Å². The molecule has 0 spiro atoms. The third-order valence-corrected chi connectivity index (χ3v) is 6.80. The molecule has 196 valence electrons. The number of hydrogen-bond acceptors (Lipinski definition) is 5. The van der Waals surface area contributed by atoms with Gasteiger partial charge in [-0.3, -0.25) is 19.7 Å². The first-order valence-electron chi connectivity index (χ1n) is 12.6. The number of methoxy groups -OCH3 is 1. The fraction of sp³-hybridized carbons (Fsp3) is 0.407. The number of carbonyl (C=O) groups is 3. The van der Waals surface area contributed by atoms with Gasteiger partial charge in [-0.15, -0.1) is 0 Å². The molecule has 2 fully saturated rings. The molecule has 2 aliphatic heterocycles. The van der Waals surface area contributed by atoms with Gasteiger partial charge in [0.2, 0.25) is 17.8 Å². The van der Waals surface area contributed by atoms with E-state index in [9.17, 15) is 14.4 Å². The minimum atomic E-state index is -0.735. The van der Waals surface area contributed by atoms with Gasteiger partial charge in [0.05, 0.1) is 18.7 Å². The maximum absolute atomic E-state index is 13.4. The van der Waals surface area contributed by atoms with Gasteiger partial charge in [0.15, 0.2) is 0 Å². The zero-order chi connectivity index (χ0) is 26.2. The molecule has 9 nitrogen and oxygen atoms in total. The highest BCUT2D eigenvalue weighted by atomic mass is 35.5. The van der Waals surface area contributed by atoms with Crippen LogP contribution in [0.5, 0.6) is 5.75 Å². The summed E-state index contributed by atoms with van der Waals surface area (Å²) in [6.07, 6.45) is 4.08. The Kier molecular flexibility index (Phi) is 9.00. The number of aliphatic imine (C=N–C) groups is 1. The molecule has 37 heavy (non-hydrogen) atoms. The SMILES string of the molecule is COc1ccc(NC(=NC2CCCCN(CC(=O)N3CCCC3)C2=O)NC(=O)c2ccccc2)cc1Cl. The van der Waals surface area contributed by atoms with E-state index in [0.29, 0.717) is 35.0 Å². The van der Waals surface area contributed by atoms with Crippen LogP contribution in [0.25, 0.3) is 0 Å². The van der Waals surface area contributed by atoms with Crippen LogP contribution >= 0.6 is 11.6 Å². The Morgan fingerprint density at radius 1 is 1.05 bits per heavy atom. The van der Waals surface area contributed by atoms with Crippen LogP contribution in [0, 0.1) is 0 Å². The quantitative estimate of drug-likeness (QED) is 0.443. The largest absolute Gasteiger partial charge is 0.495 e.